The average Bonchev–Trinajstić information content (AvgIpc) is 2.69. The van der Waals surface area contributed by atoms with E-state index in [1.165, 1.54) is 4.88 Å². The summed E-state index contributed by atoms with van der Waals surface area (Å²) in [5.74, 6) is 2.63. The summed E-state index contributed by atoms with van der Waals surface area (Å²) >= 11 is 1.68. The van der Waals surface area contributed by atoms with Crippen LogP contribution < -0.4 is 0 Å². The van der Waals surface area contributed by atoms with Gasteiger partial charge in [0.05, 0.1) is 11.5 Å². The lowest BCUT2D eigenvalue weighted by atomic mass is 10.2. The minimum absolute atomic E-state index is 0.311. The van der Waals surface area contributed by atoms with Gasteiger partial charge in [-0.15, -0.1) is 17.8 Å². The summed E-state index contributed by atoms with van der Waals surface area (Å²) in [7, 11) is 0. The highest BCUT2D eigenvalue weighted by atomic mass is 32.1. The second kappa shape index (κ2) is 2.12. The summed E-state index contributed by atoms with van der Waals surface area (Å²) in [4.78, 5) is 1.21. The molecule has 10 heavy (non-hydrogen) atoms. The van der Waals surface area contributed by atoms with Crippen LogP contribution >= 0.6 is 11.3 Å². The normalized spacial score (nSPS) is 22.1. The Morgan fingerprint density at radius 3 is 3.20 bits per heavy atom. The Hall–Kier alpha value is -0.780. The second-order valence-electron chi connectivity index (χ2n) is 2.16. The summed E-state index contributed by atoms with van der Waals surface area (Å²) in [5, 5.41) is 2.01. The first kappa shape index (κ1) is 5.96. The van der Waals surface area contributed by atoms with Crippen molar-refractivity contribution in [2.24, 2.45) is 0 Å². The smallest absolute Gasteiger partial charge is 0.116 e. The molecule has 2 heteroatoms. The zero-order chi connectivity index (χ0) is 6.97. The SMILES string of the molecule is C#Cc1ccsc1C1CO1. The number of thiophene rings is 1. The van der Waals surface area contributed by atoms with Gasteiger partial charge in [0, 0.05) is 5.56 Å². The Labute approximate surface area is 63.6 Å². The minimum atomic E-state index is 0.311. The van der Waals surface area contributed by atoms with Gasteiger partial charge in [-0.05, 0) is 11.4 Å². The standard InChI is InChI=1S/C8H6OS/c1-2-6-3-4-10-8(6)7-5-9-7/h1,3-4,7H,5H2. The van der Waals surface area contributed by atoms with Gasteiger partial charge in [0.2, 0.25) is 0 Å². The molecule has 2 rings (SSSR count). The van der Waals surface area contributed by atoms with Crippen LogP contribution in [0.2, 0.25) is 0 Å². The molecule has 0 aromatic carbocycles. The predicted octanol–water partition coefficient (Wildman–Crippen LogP) is 1.80. The highest BCUT2D eigenvalue weighted by Crippen LogP contribution is 2.35. The topological polar surface area (TPSA) is 12.5 Å². The monoisotopic (exact) mass is 150 g/mol. The molecule has 1 aliphatic rings. The number of rotatable bonds is 1. The lowest BCUT2D eigenvalue weighted by molar-refractivity contribution is 0.418. The van der Waals surface area contributed by atoms with Gasteiger partial charge in [-0.25, -0.2) is 0 Å². The van der Waals surface area contributed by atoms with Crippen LogP contribution in [0.3, 0.4) is 0 Å². The molecule has 1 fully saturated rings. The maximum atomic E-state index is 5.26. The van der Waals surface area contributed by atoms with E-state index in [4.69, 9.17) is 11.2 Å². The van der Waals surface area contributed by atoms with Crippen LogP contribution in [0.15, 0.2) is 11.4 Å². The summed E-state index contributed by atoms with van der Waals surface area (Å²) in [6.45, 7) is 0.842. The van der Waals surface area contributed by atoms with E-state index in [1.54, 1.807) is 11.3 Å². The highest BCUT2D eigenvalue weighted by Gasteiger charge is 2.27. The van der Waals surface area contributed by atoms with E-state index in [-0.39, 0.29) is 0 Å². The molecule has 1 saturated heterocycles. The molecule has 2 heterocycles. The van der Waals surface area contributed by atoms with Crippen molar-refractivity contribution in [1.82, 2.24) is 0 Å². The molecular weight excluding hydrogens is 144 g/mol. The van der Waals surface area contributed by atoms with Gasteiger partial charge >= 0.3 is 0 Å². The van der Waals surface area contributed by atoms with Crippen molar-refractivity contribution in [3.05, 3.63) is 21.9 Å². The van der Waals surface area contributed by atoms with Gasteiger partial charge in [-0.2, -0.15) is 0 Å². The van der Waals surface area contributed by atoms with Crippen molar-refractivity contribution in [1.29, 1.82) is 0 Å². The van der Waals surface area contributed by atoms with Crippen LogP contribution in [0.25, 0.3) is 0 Å². The van der Waals surface area contributed by atoms with E-state index in [1.807, 2.05) is 11.4 Å². The van der Waals surface area contributed by atoms with Crippen molar-refractivity contribution >= 4 is 11.3 Å². The molecule has 1 aliphatic heterocycles. The molecule has 0 N–H and O–H groups in total. The third-order valence-electron chi connectivity index (χ3n) is 1.48. The van der Waals surface area contributed by atoms with Crippen molar-refractivity contribution in [3.63, 3.8) is 0 Å². The van der Waals surface area contributed by atoms with E-state index < -0.39 is 0 Å². The Kier molecular flexibility index (Phi) is 1.26. The molecule has 1 nitrogen and oxygen atoms in total. The van der Waals surface area contributed by atoms with E-state index in [2.05, 4.69) is 5.92 Å². The lowest BCUT2D eigenvalue weighted by Gasteiger charge is -1.87. The van der Waals surface area contributed by atoms with Gasteiger partial charge in [-0.3, -0.25) is 0 Å². The Morgan fingerprint density at radius 1 is 1.80 bits per heavy atom. The Morgan fingerprint density at radius 2 is 2.60 bits per heavy atom. The third kappa shape index (κ3) is 0.841. The fraction of sp³-hybridized carbons (Fsp3) is 0.250. The Bertz CT molecular complexity index is 278. The van der Waals surface area contributed by atoms with Gasteiger partial charge in [0.25, 0.3) is 0 Å². The molecule has 1 aromatic rings. The molecule has 0 bridgehead atoms. The van der Waals surface area contributed by atoms with Gasteiger partial charge < -0.3 is 4.74 Å². The van der Waals surface area contributed by atoms with Crippen LogP contribution in [-0.4, -0.2) is 6.61 Å². The summed E-state index contributed by atoms with van der Waals surface area (Å²) in [6, 6.07) is 1.96. The molecule has 1 atom stereocenters. The molecule has 0 aliphatic carbocycles. The van der Waals surface area contributed by atoms with Crippen molar-refractivity contribution in [2.45, 2.75) is 6.10 Å². The average molecular weight is 150 g/mol. The van der Waals surface area contributed by atoms with E-state index in [0.29, 0.717) is 6.10 Å². The molecule has 1 aromatic heterocycles. The first-order valence-corrected chi connectivity index (χ1v) is 3.95. The number of hydrogen-bond acceptors (Lipinski definition) is 2. The van der Waals surface area contributed by atoms with Crippen LogP contribution in [0.1, 0.15) is 16.5 Å². The Balaban J connectivity index is 2.40. The lowest BCUT2D eigenvalue weighted by Crippen LogP contribution is -1.76. The number of ether oxygens (including phenoxy) is 1. The summed E-state index contributed by atoms with van der Waals surface area (Å²) in [6.07, 6.45) is 5.57. The number of hydrogen-bond donors (Lipinski definition) is 0. The third-order valence-corrected chi connectivity index (χ3v) is 2.49. The quantitative estimate of drug-likeness (QED) is 0.439. The van der Waals surface area contributed by atoms with Crippen LogP contribution in [0.4, 0.5) is 0 Å². The zero-order valence-corrected chi connectivity index (χ0v) is 6.15. The molecule has 0 amide bonds. The molecule has 0 spiro atoms. The van der Waals surface area contributed by atoms with Crippen LogP contribution in [-0.2, 0) is 4.74 Å². The largest absolute Gasteiger partial charge is 0.367 e. The number of epoxide rings is 1. The van der Waals surface area contributed by atoms with Crippen molar-refractivity contribution < 1.29 is 4.74 Å². The maximum Gasteiger partial charge on any atom is 0.116 e. The maximum absolute atomic E-state index is 5.26. The predicted molar refractivity (Wildman–Crippen MR) is 40.9 cm³/mol. The van der Waals surface area contributed by atoms with Gasteiger partial charge in [-0.1, -0.05) is 5.92 Å². The fourth-order valence-electron chi connectivity index (χ4n) is 0.889. The first-order chi connectivity index (χ1) is 4.92. The molecule has 0 radical (unpaired) electrons. The molecule has 50 valence electrons. The summed E-state index contributed by atoms with van der Waals surface area (Å²) in [5.41, 5.74) is 0.993. The molecular formula is C8H6OS. The fourth-order valence-corrected chi connectivity index (χ4v) is 1.78. The first-order valence-electron chi connectivity index (χ1n) is 3.07. The van der Waals surface area contributed by atoms with Gasteiger partial charge in [0.1, 0.15) is 6.10 Å². The summed E-state index contributed by atoms with van der Waals surface area (Å²) < 4.78 is 5.11. The van der Waals surface area contributed by atoms with Crippen molar-refractivity contribution in [3.8, 4) is 12.3 Å². The molecule has 1 unspecified atom stereocenters. The minimum Gasteiger partial charge on any atom is -0.367 e. The molecule has 0 saturated carbocycles. The van der Waals surface area contributed by atoms with Crippen LogP contribution in [0.5, 0.6) is 0 Å². The van der Waals surface area contributed by atoms with E-state index >= 15 is 0 Å². The van der Waals surface area contributed by atoms with E-state index in [0.717, 1.165) is 12.2 Å². The second-order valence-corrected chi connectivity index (χ2v) is 3.11. The highest BCUT2D eigenvalue weighted by molar-refractivity contribution is 7.10. The zero-order valence-electron chi connectivity index (χ0n) is 5.33. The van der Waals surface area contributed by atoms with Crippen molar-refractivity contribution in [2.75, 3.05) is 6.61 Å². The van der Waals surface area contributed by atoms with Gasteiger partial charge in [0.15, 0.2) is 0 Å². The van der Waals surface area contributed by atoms with E-state index in [9.17, 15) is 0 Å². The van der Waals surface area contributed by atoms with Crippen LogP contribution in [0, 0.1) is 12.3 Å². The number of terminal acetylenes is 1.